The highest BCUT2D eigenvalue weighted by atomic mass is 32.2. The quantitative estimate of drug-likeness (QED) is 0.903. The molecule has 0 radical (unpaired) electrons. The van der Waals surface area contributed by atoms with Gasteiger partial charge in [-0.05, 0) is 26.3 Å². The van der Waals surface area contributed by atoms with Crippen molar-refractivity contribution in [1.82, 2.24) is 10.3 Å². The van der Waals surface area contributed by atoms with Gasteiger partial charge >= 0.3 is 0 Å². The van der Waals surface area contributed by atoms with E-state index in [2.05, 4.69) is 17.2 Å². The first-order chi connectivity index (χ1) is 7.97. The molecule has 4 nitrogen and oxygen atoms in total. The molecule has 0 spiro atoms. The summed E-state index contributed by atoms with van der Waals surface area (Å²) in [6.07, 6.45) is 1.63. The van der Waals surface area contributed by atoms with Crippen molar-refractivity contribution in [2.75, 3.05) is 18.1 Å². The largest absolute Gasteiger partial charge is 0.305 e. The molecule has 1 aromatic rings. The van der Waals surface area contributed by atoms with E-state index in [1.807, 2.05) is 12.3 Å². The molecule has 1 saturated heterocycles. The van der Waals surface area contributed by atoms with Crippen molar-refractivity contribution in [3.8, 4) is 0 Å². The summed E-state index contributed by atoms with van der Waals surface area (Å²) in [5.74, 6) is 0.454. The van der Waals surface area contributed by atoms with Crippen LogP contribution < -0.4 is 5.32 Å². The molecule has 0 saturated carbocycles. The topological polar surface area (TPSA) is 59.1 Å². The first-order valence-electron chi connectivity index (χ1n) is 5.85. The van der Waals surface area contributed by atoms with Gasteiger partial charge in [-0.1, -0.05) is 6.92 Å². The summed E-state index contributed by atoms with van der Waals surface area (Å²) in [6, 6.07) is 0. The Bertz CT molecular complexity index is 495. The second-order valence-electron chi connectivity index (χ2n) is 4.64. The van der Waals surface area contributed by atoms with Gasteiger partial charge in [-0.2, -0.15) is 0 Å². The van der Waals surface area contributed by atoms with Crippen molar-refractivity contribution in [3.05, 3.63) is 16.1 Å². The van der Waals surface area contributed by atoms with Crippen LogP contribution in [0.15, 0.2) is 5.38 Å². The first-order valence-corrected chi connectivity index (χ1v) is 8.56. The molecule has 96 valence electrons. The Morgan fingerprint density at radius 1 is 1.59 bits per heavy atom. The second-order valence-corrected chi connectivity index (χ2v) is 7.69. The zero-order chi connectivity index (χ0) is 12.5. The third-order valence-corrected chi connectivity index (χ3v) is 5.97. The highest BCUT2D eigenvalue weighted by molar-refractivity contribution is 7.91. The number of sulfone groups is 1. The van der Waals surface area contributed by atoms with Gasteiger partial charge in [-0.3, -0.25) is 0 Å². The lowest BCUT2D eigenvalue weighted by molar-refractivity contribution is 0.374. The van der Waals surface area contributed by atoms with Crippen LogP contribution in [-0.2, 0) is 15.4 Å². The molecule has 2 rings (SSSR count). The molecular formula is C11H18N2O2S2. The molecule has 1 aliphatic heterocycles. The highest BCUT2D eigenvalue weighted by Gasteiger charge is 2.45. The predicted molar refractivity (Wildman–Crippen MR) is 70.1 cm³/mol. The smallest absolute Gasteiger partial charge is 0.152 e. The van der Waals surface area contributed by atoms with Gasteiger partial charge in [-0.15, -0.1) is 11.3 Å². The van der Waals surface area contributed by atoms with Gasteiger partial charge in [-0.25, -0.2) is 13.4 Å². The number of hydrogen-bond acceptors (Lipinski definition) is 5. The average molecular weight is 274 g/mol. The molecular weight excluding hydrogens is 256 g/mol. The minimum Gasteiger partial charge on any atom is -0.305 e. The zero-order valence-electron chi connectivity index (χ0n) is 10.2. The van der Waals surface area contributed by atoms with E-state index in [0.717, 1.165) is 23.7 Å². The van der Waals surface area contributed by atoms with Crippen molar-refractivity contribution in [3.63, 3.8) is 0 Å². The van der Waals surface area contributed by atoms with E-state index >= 15 is 0 Å². The van der Waals surface area contributed by atoms with E-state index in [1.54, 1.807) is 11.3 Å². The Morgan fingerprint density at radius 3 is 2.82 bits per heavy atom. The Balaban J connectivity index is 2.31. The van der Waals surface area contributed by atoms with Crippen LogP contribution in [0.3, 0.4) is 0 Å². The van der Waals surface area contributed by atoms with Crippen molar-refractivity contribution in [1.29, 1.82) is 0 Å². The van der Waals surface area contributed by atoms with E-state index in [1.165, 1.54) is 0 Å². The number of aryl methyl sites for hydroxylation is 1. The minimum absolute atomic E-state index is 0.187. The minimum atomic E-state index is -2.92. The lowest BCUT2D eigenvalue weighted by atomic mass is 10.00. The van der Waals surface area contributed by atoms with Crippen LogP contribution >= 0.6 is 11.3 Å². The molecule has 1 aliphatic rings. The lowest BCUT2D eigenvalue weighted by Crippen LogP contribution is -2.43. The van der Waals surface area contributed by atoms with E-state index < -0.39 is 15.4 Å². The van der Waals surface area contributed by atoms with Gasteiger partial charge in [0.1, 0.15) is 5.01 Å². The second kappa shape index (κ2) is 4.66. The summed E-state index contributed by atoms with van der Waals surface area (Å²) in [4.78, 5) is 4.47. The van der Waals surface area contributed by atoms with Crippen LogP contribution in [0.1, 0.15) is 30.5 Å². The molecule has 0 bridgehead atoms. The molecule has 0 aromatic carbocycles. The summed E-state index contributed by atoms with van der Waals surface area (Å²) in [7, 11) is -2.92. The molecule has 1 aromatic heterocycles. The van der Waals surface area contributed by atoms with Crippen LogP contribution in [0.25, 0.3) is 0 Å². The fourth-order valence-electron chi connectivity index (χ4n) is 2.17. The third-order valence-electron chi connectivity index (χ3n) is 3.05. The van der Waals surface area contributed by atoms with Crippen molar-refractivity contribution in [2.45, 2.75) is 32.2 Å². The maximum absolute atomic E-state index is 11.7. The van der Waals surface area contributed by atoms with Gasteiger partial charge in [0.15, 0.2) is 9.84 Å². The Hall–Kier alpha value is -0.460. The summed E-state index contributed by atoms with van der Waals surface area (Å²) in [5.41, 5.74) is 0.528. The first kappa shape index (κ1) is 13.0. The van der Waals surface area contributed by atoms with Gasteiger partial charge in [0.2, 0.25) is 0 Å². The molecule has 0 amide bonds. The molecule has 17 heavy (non-hydrogen) atoms. The number of thiazole rings is 1. The molecule has 0 aliphatic carbocycles. The van der Waals surface area contributed by atoms with Crippen LogP contribution in [0.2, 0.25) is 0 Å². The number of nitrogens with zero attached hydrogens (tertiary/aromatic N) is 1. The third kappa shape index (κ3) is 2.69. The van der Waals surface area contributed by atoms with Gasteiger partial charge in [0, 0.05) is 11.1 Å². The fraction of sp³-hybridized carbons (Fsp3) is 0.727. The zero-order valence-corrected chi connectivity index (χ0v) is 11.8. The van der Waals surface area contributed by atoms with Crippen molar-refractivity contribution < 1.29 is 8.42 Å². The summed E-state index contributed by atoms with van der Waals surface area (Å²) < 4.78 is 23.5. The van der Waals surface area contributed by atoms with E-state index in [4.69, 9.17) is 0 Å². The highest BCUT2D eigenvalue weighted by Crippen LogP contribution is 2.35. The molecule has 1 unspecified atom stereocenters. The van der Waals surface area contributed by atoms with Crippen molar-refractivity contribution in [2.24, 2.45) is 0 Å². The number of hydrogen-bond donors (Lipinski definition) is 1. The van der Waals surface area contributed by atoms with Crippen LogP contribution in [0.5, 0.6) is 0 Å². The van der Waals surface area contributed by atoms with Gasteiger partial charge in [0.05, 0.1) is 17.0 Å². The van der Waals surface area contributed by atoms with Crippen LogP contribution in [0, 0.1) is 6.92 Å². The summed E-state index contributed by atoms with van der Waals surface area (Å²) in [5, 5.41) is 6.30. The Kier molecular flexibility index (Phi) is 3.56. The molecule has 1 fully saturated rings. The van der Waals surface area contributed by atoms with E-state index in [0.29, 0.717) is 6.42 Å². The Morgan fingerprint density at radius 2 is 2.35 bits per heavy atom. The monoisotopic (exact) mass is 274 g/mol. The average Bonchev–Trinajstić information content (AvgIpc) is 2.81. The fourth-order valence-corrected chi connectivity index (χ4v) is 5.20. The van der Waals surface area contributed by atoms with Crippen LogP contribution in [0.4, 0.5) is 0 Å². The molecule has 2 heterocycles. The lowest BCUT2D eigenvalue weighted by Gasteiger charge is -2.26. The van der Waals surface area contributed by atoms with E-state index in [-0.39, 0.29) is 11.5 Å². The van der Waals surface area contributed by atoms with Gasteiger partial charge < -0.3 is 5.32 Å². The van der Waals surface area contributed by atoms with Crippen LogP contribution in [-0.4, -0.2) is 31.5 Å². The maximum atomic E-state index is 11.7. The molecule has 6 heteroatoms. The number of aromatic nitrogens is 1. The SMILES string of the molecule is CCCNC1(c2nc(C)cs2)CCS(=O)(=O)C1. The summed E-state index contributed by atoms with van der Waals surface area (Å²) >= 11 is 1.56. The number of nitrogens with one attached hydrogen (secondary N) is 1. The Labute approximate surface area is 106 Å². The predicted octanol–water partition coefficient (Wildman–Crippen LogP) is 1.46. The normalized spacial score (nSPS) is 27.4. The van der Waals surface area contributed by atoms with E-state index in [9.17, 15) is 8.42 Å². The van der Waals surface area contributed by atoms with Gasteiger partial charge in [0.25, 0.3) is 0 Å². The standard InChI is InChI=1S/C11H18N2O2S2/c1-3-5-12-11(4-6-17(14,15)8-11)10-13-9(2)7-16-10/h7,12H,3-6,8H2,1-2H3. The maximum Gasteiger partial charge on any atom is 0.152 e. The molecule has 1 atom stereocenters. The molecule has 1 N–H and O–H groups in total. The van der Waals surface area contributed by atoms with Crippen molar-refractivity contribution >= 4 is 21.2 Å². The summed E-state index contributed by atoms with van der Waals surface area (Å²) in [6.45, 7) is 4.85. The number of rotatable bonds is 4.